The lowest BCUT2D eigenvalue weighted by molar-refractivity contribution is -0.193. The molecule has 31 heteroatoms. The zero-order chi connectivity index (χ0) is 65.3. The molecule has 7 atom stereocenters. The van der Waals surface area contributed by atoms with Crippen LogP contribution in [0.2, 0.25) is 0 Å². The Kier molecular flexibility index (Phi) is 38.5. The predicted octanol–water partition coefficient (Wildman–Crippen LogP) is -0.813. The molecule has 1 unspecified atom stereocenters. The molecule has 0 radical (unpaired) electrons. The van der Waals surface area contributed by atoms with Crippen LogP contribution in [0.15, 0.2) is 36.5 Å². The lowest BCUT2D eigenvalue weighted by atomic mass is 9.93. The highest BCUT2D eigenvalue weighted by Crippen LogP contribution is 2.27. The van der Waals surface area contributed by atoms with Gasteiger partial charge in [0.05, 0.1) is 176 Å². The molecule has 2 aliphatic rings. The number of carboxylic acids is 1. The number of ether oxygens (including phenoxy) is 14. The second-order valence-corrected chi connectivity index (χ2v) is 20.9. The molecule has 4 rings (SSSR count). The first-order valence-electron chi connectivity index (χ1n) is 30.2. The van der Waals surface area contributed by atoms with Crippen LogP contribution in [0.5, 0.6) is 0 Å². The smallest absolute Gasteiger partial charge is 0.335 e. The third kappa shape index (κ3) is 30.9. The molecule has 6 N–H and O–H groups in total. The molecule has 3 heterocycles. The number of aliphatic hydroxyl groups excluding tert-OH is 2. The molecule has 2 aliphatic heterocycles. The number of amides is 5. The number of anilines is 1. The number of nitrogens with zero attached hydrogens (tertiary/aromatic N) is 4. The summed E-state index contributed by atoms with van der Waals surface area (Å²) in [4.78, 5) is 91.3. The first-order chi connectivity index (χ1) is 43.5. The fourth-order valence-electron chi connectivity index (χ4n) is 8.68. The van der Waals surface area contributed by atoms with Crippen LogP contribution in [0, 0.1) is 5.92 Å². The van der Waals surface area contributed by atoms with Crippen molar-refractivity contribution < 1.29 is 115 Å². The van der Waals surface area contributed by atoms with Gasteiger partial charge in [-0.25, -0.2) is 9.48 Å². The number of aliphatic carboxylic acids is 1. The Balaban J connectivity index is 1.06. The predicted molar refractivity (Wildman–Crippen MR) is 316 cm³/mol. The minimum absolute atomic E-state index is 0.0285. The van der Waals surface area contributed by atoms with Crippen LogP contribution in [0.3, 0.4) is 0 Å². The second-order valence-electron chi connectivity index (χ2n) is 20.9. The average molecular weight is 1280 g/mol. The van der Waals surface area contributed by atoms with Gasteiger partial charge in [-0.2, -0.15) is 0 Å². The van der Waals surface area contributed by atoms with Gasteiger partial charge in [0.25, 0.3) is 11.8 Å². The minimum Gasteiger partial charge on any atom is -0.479 e. The van der Waals surface area contributed by atoms with Gasteiger partial charge in [-0.3, -0.25) is 33.7 Å². The SMILES string of the molecule is COCCOCCOCCOCCOCCOCCOCCOCCOCCOCCOCCOCCn1cc(CC(C(=O)N[C@H](C(=O)N[C@@H](C)C(=O)Nc2ccc(COC(C)=O)c(CC[C@H]3C[C@@H](O)[C@H](O)[C@@H](C(=O)O)O3)c2)C(C)C)N2C(=O)C=CC2=O)nn1. The van der Waals surface area contributed by atoms with E-state index >= 15 is 0 Å². The maximum absolute atomic E-state index is 14.1. The highest BCUT2D eigenvalue weighted by molar-refractivity contribution is 6.15. The van der Waals surface area contributed by atoms with Gasteiger partial charge in [0.1, 0.15) is 30.8 Å². The zero-order valence-electron chi connectivity index (χ0n) is 52.3. The van der Waals surface area contributed by atoms with Crippen molar-refractivity contribution >= 4 is 47.2 Å². The van der Waals surface area contributed by atoms with E-state index < -0.39 is 89.9 Å². The summed E-state index contributed by atoms with van der Waals surface area (Å²) in [6.07, 6.45) is -1.51. The van der Waals surface area contributed by atoms with Crippen molar-refractivity contribution in [1.29, 1.82) is 0 Å². The van der Waals surface area contributed by atoms with Crippen LogP contribution >= 0.6 is 0 Å². The standard InChI is InChI=1S/C59H93N7O24/c1-41(2)53(58(74)60-42(3)56(72)61-46-8-6-45(40-89-43(4)67)44(36-46)7-9-48-38-50(68)54(71)55(90-48)59(75)76)62-57(73)49(66-51(69)10-11-52(66)70)37-47-39-65(64-63-47)12-13-78-16-17-80-20-21-82-24-25-84-28-29-86-32-33-88-35-34-87-31-30-85-27-26-83-23-22-81-19-18-79-15-14-77-5/h6,8,10-11,36,39,41-42,48-50,53-55,68,71H,7,9,12-35,37-38,40H2,1-5H3,(H,60,74)(H,61,72)(H,62,73)(H,75,76)/t42-,48-,49?,50+,53-,54-,55-/m0/s1. The summed E-state index contributed by atoms with van der Waals surface area (Å²) in [7, 11) is 1.63. The van der Waals surface area contributed by atoms with Gasteiger partial charge in [0.15, 0.2) is 6.10 Å². The molecule has 1 aromatic heterocycles. The van der Waals surface area contributed by atoms with Crippen molar-refractivity contribution in [2.45, 2.75) is 109 Å². The number of methoxy groups -OCH3 is 1. The normalized spacial score (nSPS) is 17.6. The van der Waals surface area contributed by atoms with Crippen molar-refractivity contribution in [1.82, 2.24) is 30.5 Å². The number of carboxylic acid groups (broad SMARTS) is 1. The number of aryl methyl sites for hydroxylation is 1. The van der Waals surface area contributed by atoms with E-state index in [0.717, 1.165) is 17.1 Å². The highest BCUT2D eigenvalue weighted by atomic mass is 16.6. The fourth-order valence-corrected chi connectivity index (χ4v) is 8.68. The van der Waals surface area contributed by atoms with Gasteiger partial charge in [-0.05, 0) is 48.9 Å². The molecule has 0 aliphatic carbocycles. The molecular formula is C59H93N7O24. The molecule has 0 saturated carbocycles. The number of imide groups is 1. The number of aliphatic hydroxyl groups is 2. The Labute approximate surface area is 524 Å². The Bertz CT molecular complexity index is 2430. The molecule has 1 aromatic carbocycles. The Morgan fingerprint density at radius 3 is 1.58 bits per heavy atom. The van der Waals surface area contributed by atoms with Crippen molar-refractivity contribution in [2.24, 2.45) is 5.92 Å². The van der Waals surface area contributed by atoms with Crippen LogP contribution in [0.1, 0.15) is 57.4 Å². The van der Waals surface area contributed by atoms with E-state index in [4.69, 9.17) is 66.3 Å². The Morgan fingerprint density at radius 1 is 0.644 bits per heavy atom. The number of carbonyl (C=O) groups is 7. The third-order valence-electron chi connectivity index (χ3n) is 13.5. The van der Waals surface area contributed by atoms with E-state index in [0.29, 0.717) is 156 Å². The van der Waals surface area contributed by atoms with Crippen LogP contribution in [-0.4, -0.2) is 278 Å². The average Bonchev–Trinajstić information content (AvgIpc) is 3.67. The van der Waals surface area contributed by atoms with Crippen LogP contribution in [0.25, 0.3) is 0 Å². The lowest BCUT2D eigenvalue weighted by Gasteiger charge is -2.35. The minimum atomic E-state index is -1.63. The summed E-state index contributed by atoms with van der Waals surface area (Å²) >= 11 is 0. The van der Waals surface area contributed by atoms with Crippen molar-refractivity contribution in [3.63, 3.8) is 0 Å². The largest absolute Gasteiger partial charge is 0.479 e. The second kappa shape index (κ2) is 45.3. The van der Waals surface area contributed by atoms with Gasteiger partial charge in [0.2, 0.25) is 17.7 Å². The van der Waals surface area contributed by atoms with Crippen molar-refractivity contribution in [3.8, 4) is 0 Å². The fraction of sp³-hybridized carbons (Fsp3) is 0.712. The molecule has 5 amide bonds. The van der Waals surface area contributed by atoms with Gasteiger partial charge in [-0.1, -0.05) is 25.1 Å². The number of aromatic nitrogens is 3. The topological polar surface area (TPSA) is 379 Å². The van der Waals surface area contributed by atoms with Crippen LogP contribution < -0.4 is 16.0 Å². The van der Waals surface area contributed by atoms with E-state index in [9.17, 15) is 48.9 Å². The first kappa shape index (κ1) is 76.4. The van der Waals surface area contributed by atoms with Gasteiger partial charge in [-0.15, -0.1) is 5.10 Å². The molecule has 31 nitrogen and oxygen atoms in total. The zero-order valence-corrected chi connectivity index (χ0v) is 52.3. The van der Waals surface area contributed by atoms with E-state index in [-0.39, 0.29) is 57.7 Å². The number of rotatable bonds is 52. The number of hydrogen-bond donors (Lipinski definition) is 6. The molecule has 508 valence electrons. The molecular weight excluding hydrogens is 1190 g/mol. The number of esters is 1. The molecule has 1 fully saturated rings. The molecule has 1 saturated heterocycles. The third-order valence-corrected chi connectivity index (χ3v) is 13.5. The first-order valence-corrected chi connectivity index (χ1v) is 30.2. The van der Waals surface area contributed by atoms with Gasteiger partial charge in [0, 0.05) is 50.9 Å². The summed E-state index contributed by atoms with van der Waals surface area (Å²) in [5.41, 5.74) is 1.74. The maximum atomic E-state index is 14.1. The van der Waals surface area contributed by atoms with E-state index in [1.165, 1.54) is 18.5 Å². The Hall–Kier alpha value is -6.01. The summed E-state index contributed by atoms with van der Waals surface area (Å²) in [5, 5.41) is 46.1. The summed E-state index contributed by atoms with van der Waals surface area (Å²) in [5.74, 6) is -6.19. The molecule has 90 heavy (non-hydrogen) atoms. The number of nitrogens with one attached hydrogen (secondary N) is 3. The monoisotopic (exact) mass is 1280 g/mol. The van der Waals surface area contributed by atoms with Crippen LogP contribution in [0.4, 0.5) is 5.69 Å². The summed E-state index contributed by atoms with van der Waals surface area (Å²) < 4.78 is 77.7. The van der Waals surface area contributed by atoms with Crippen molar-refractivity contribution in [2.75, 3.05) is 164 Å². The van der Waals surface area contributed by atoms with Crippen molar-refractivity contribution in [3.05, 3.63) is 53.4 Å². The van der Waals surface area contributed by atoms with E-state index in [2.05, 4.69) is 26.3 Å². The number of carbonyl (C=O) groups excluding carboxylic acids is 6. The molecule has 2 aromatic rings. The van der Waals surface area contributed by atoms with Crippen LogP contribution in [-0.2, 0) is 126 Å². The van der Waals surface area contributed by atoms with Gasteiger partial charge >= 0.3 is 11.9 Å². The maximum Gasteiger partial charge on any atom is 0.335 e. The van der Waals surface area contributed by atoms with Gasteiger partial charge < -0.3 is 97.6 Å². The summed E-state index contributed by atoms with van der Waals surface area (Å²) in [6, 6.07) is 0.972. The quantitative estimate of drug-likeness (QED) is 0.0268. The Morgan fingerprint density at radius 2 is 1.12 bits per heavy atom. The van der Waals surface area contributed by atoms with E-state index in [1.807, 2.05) is 0 Å². The molecule has 0 bridgehead atoms. The molecule has 0 spiro atoms. The summed E-state index contributed by atoms with van der Waals surface area (Å²) in [6.45, 7) is 16.2. The number of benzene rings is 1. The highest BCUT2D eigenvalue weighted by Gasteiger charge is 2.41. The van der Waals surface area contributed by atoms with E-state index in [1.54, 1.807) is 45.4 Å². The number of hydrogen-bond acceptors (Lipinski definition) is 25. The lowest BCUT2D eigenvalue weighted by Crippen LogP contribution is -2.58.